The highest BCUT2D eigenvalue weighted by molar-refractivity contribution is 7.16. The van der Waals surface area contributed by atoms with Crippen LogP contribution in [-0.2, 0) is 11.2 Å². The summed E-state index contributed by atoms with van der Waals surface area (Å²) in [5, 5.41) is 28.0. The van der Waals surface area contributed by atoms with Crippen LogP contribution in [0.3, 0.4) is 0 Å². The number of rotatable bonds is 11. The second-order valence-corrected chi connectivity index (χ2v) is 9.65. The molecule has 1 unspecified atom stereocenters. The third-order valence-corrected chi connectivity index (χ3v) is 7.31. The molecule has 0 saturated carbocycles. The average molecular weight is 472 g/mol. The molecule has 0 amide bonds. The number of phenolic OH excluding ortho intramolecular Hbond substituents is 1. The second-order valence-electron chi connectivity index (χ2n) is 8.67. The molecule has 2 heterocycles. The summed E-state index contributed by atoms with van der Waals surface area (Å²) < 4.78 is 6.54. The van der Waals surface area contributed by atoms with Crippen molar-refractivity contribution in [2.45, 2.75) is 37.8 Å². The number of piperidine rings is 1. The van der Waals surface area contributed by atoms with Crippen molar-refractivity contribution in [2.75, 3.05) is 32.8 Å². The number of phenols is 1. The first-order valence-corrected chi connectivity index (χ1v) is 12.5. The van der Waals surface area contributed by atoms with Crippen LogP contribution in [0.5, 0.6) is 5.75 Å². The minimum absolute atomic E-state index is 0.0195. The number of benzene rings is 2. The molecule has 2 aromatic carbocycles. The highest BCUT2D eigenvalue weighted by Gasteiger charge is 2.25. The number of fused-ring (bicyclic) bond motifs is 1. The maximum absolute atomic E-state index is 11.8. The zero-order valence-electron chi connectivity index (χ0n) is 18.8. The molecule has 7 nitrogen and oxygen atoms in total. The Morgan fingerprint density at radius 1 is 1.18 bits per heavy atom. The molecule has 3 atom stereocenters. The number of hydrogen-bond donors (Lipinski definition) is 5. The minimum Gasteiger partial charge on any atom is -0.506 e. The standard InChI is InChI=1S/C25H33N3O4S/c29-21-9-8-19(24-23(21)28-25(31)33-24)22(30)16-27-20(18-7-4-12-26-15-18)11-14-32-13-10-17-5-2-1-3-6-17/h1-3,5-6,8-9,18,20,22,26-27,29-30H,4,7,10-16H2,(H,28,31)/t18-,20?,22+/m1/s1. The minimum atomic E-state index is -0.780. The molecule has 1 aliphatic heterocycles. The van der Waals surface area contributed by atoms with Gasteiger partial charge in [0.1, 0.15) is 11.3 Å². The van der Waals surface area contributed by atoms with E-state index in [1.54, 1.807) is 6.07 Å². The summed E-state index contributed by atoms with van der Waals surface area (Å²) in [6.07, 6.45) is 3.29. The predicted molar refractivity (Wildman–Crippen MR) is 132 cm³/mol. The van der Waals surface area contributed by atoms with Gasteiger partial charge in [-0.2, -0.15) is 0 Å². The molecule has 1 aliphatic rings. The number of aliphatic hydroxyl groups excluding tert-OH is 1. The summed E-state index contributed by atoms with van der Waals surface area (Å²) in [6, 6.07) is 13.8. The van der Waals surface area contributed by atoms with Gasteiger partial charge in [0, 0.05) is 24.8 Å². The lowest BCUT2D eigenvalue weighted by Gasteiger charge is -2.32. The lowest BCUT2D eigenvalue weighted by Crippen LogP contribution is -2.45. The van der Waals surface area contributed by atoms with Gasteiger partial charge in [0.05, 0.1) is 17.4 Å². The van der Waals surface area contributed by atoms with Crippen molar-refractivity contribution in [1.29, 1.82) is 0 Å². The molecule has 0 bridgehead atoms. The van der Waals surface area contributed by atoms with Gasteiger partial charge < -0.3 is 30.6 Å². The average Bonchev–Trinajstić information content (AvgIpc) is 3.24. The van der Waals surface area contributed by atoms with Crippen LogP contribution in [0.1, 0.15) is 36.5 Å². The van der Waals surface area contributed by atoms with Gasteiger partial charge in [-0.25, -0.2) is 0 Å². The van der Waals surface area contributed by atoms with Gasteiger partial charge in [0.25, 0.3) is 0 Å². The molecule has 5 N–H and O–H groups in total. The van der Waals surface area contributed by atoms with Gasteiger partial charge in [-0.05, 0) is 56.3 Å². The number of aliphatic hydroxyl groups is 1. The fourth-order valence-corrected chi connectivity index (χ4v) is 5.47. The van der Waals surface area contributed by atoms with Gasteiger partial charge >= 0.3 is 4.87 Å². The Balaban J connectivity index is 1.33. The van der Waals surface area contributed by atoms with Crippen molar-refractivity contribution < 1.29 is 14.9 Å². The third kappa shape index (κ3) is 6.43. The van der Waals surface area contributed by atoms with E-state index in [1.807, 2.05) is 18.2 Å². The molecule has 4 rings (SSSR count). The van der Waals surface area contributed by atoms with Crippen LogP contribution in [0.4, 0.5) is 0 Å². The summed E-state index contributed by atoms with van der Waals surface area (Å²) >= 11 is 1.01. The van der Waals surface area contributed by atoms with Crippen LogP contribution in [0.2, 0.25) is 0 Å². The van der Waals surface area contributed by atoms with Crippen molar-refractivity contribution in [3.8, 4) is 5.75 Å². The summed E-state index contributed by atoms with van der Waals surface area (Å²) in [7, 11) is 0. The molecule has 0 radical (unpaired) electrons. The molecule has 1 fully saturated rings. The van der Waals surface area contributed by atoms with Crippen molar-refractivity contribution in [2.24, 2.45) is 5.92 Å². The first kappa shape index (κ1) is 23.9. The first-order chi connectivity index (χ1) is 16.1. The maximum Gasteiger partial charge on any atom is 0.305 e. The van der Waals surface area contributed by atoms with Gasteiger partial charge in [-0.3, -0.25) is 4.79 Å². The van der Waals surface area contributed by atoms with Crippen molar-refractivity contribution in [1.82, 2.24) is 15.6 Å². The lowest BCUT2D eigenvalue weighted by atomic mass is 9.89. The second kappa shape index (κ2) is 11.8. The normalized spacial score (nSPS) is 18.4. The fourth-order valence-electron chi connectivity index (χ4n) is 4.55. The highest BCUT2D eigenvalue weighted by Crippen LogP contribution is 2.31. The van der Waals surface area contributed by atoms with Gasteiger partial charge in [-0.15, -0.1) is 0 Å². The van der Waals surface area contributed by atoms with E-state index in [-0.39, 0.29) is 16.7 Å². The van der Waals surface area contributed by atoms with Gasteiger partial charge in [-0.1, -0.05) is 47.7 Å². The number of thiazole rings is 1. The molecule has 1 aromatic heterocycles. The summed E-state index contributed by atoms with van der Waals surface area (Å²) in [6.45, 7) is 3.75. The molecule has 1 saturated heterocycles. The number of aromatic nitrogens is 1. The Bertz CT molecular complexity index is 1060. The Morgan fingerprint density at radius 3 is 2.82 bits per heavy atom. The van der Waals surface area contributed by atoms with E-state index in [2.05, 4.69) is 27.8 Å². The number of ether oxygens (including phenoxy) is 1. The smallest absolute Gasteiger partial charge is 0.305 e. The lowest BCUT2D eigenvalue weighted by molar-refractivity contribution is 0.109. The molecule has 3 aromatic rings. The van der Waals surface area contributed by atoms with Crippen LogP contribution < -0.4 is 15.5 Å². The van der Waals surface area contributed by atoms with E-state index in [4.69, 9.17) is 4.74 Å². The van der Waals surface area contributed by atoms with Crippen molar-refractivity contribution >= 4 is 21.6 Å². The van der Waals surface area contributed by atoms with E-state index in [9.17, 15) is 15.0 Å². The van der Waals surface area contributed by atoms with E-state index >= 15 is 0 Å². The SMILES string of the molecule is O=c1[nH]c2c(O)ccc([C@@H](O)CNC(CCOCCc3ccccc3)[C@@H]3CCCNC3)c2s1. The molecule has 33 heavy (non-hydrogen) atoms. The largest absolute Gasteiger partial charge is 0.506 e. The third-order valence-electron chi connectivity index (χ3n) is 6.38. The predicted octanol–water partition coefficient (Wildman–Crippen LogP) is 2.94. The number of hydrogen-bond acceptors (Lipinski definition) is 7. The fraction of sp³-hybridized carbons (Fsp3) is 0.480. The van der Waals surface area contributed by atoms with E-state index in [0.29, 0.717) is 41.5 Å². The topological polar surface area (TPSA) is 107 Å². The Labute approximate surface area is 197 Å². The summed E-state index contributed by atoms with van der Waals surface area (Å²) in [5.41, 5.74) is 2.32. The van der Waals surface area contributed by atoms with Gasteiger partial charge in [0.15, 0.2) is 0 Å². The van der Waals surface area contributed by atoms with Crippen LogP contribution in [-0.4, -0.2) is 54.1 Å². The van der Waals surface area contributed by atoms with E-state index in [0.717, 1.165) is 50.1 Å². The molecule has 178 valence electrons. The highest BCUT2D eigenvalue weighted by atomic mass is 32.1. The maximum atomic E-state index is 11.8. The van der Waals surface area contributed by atoms with Crippen molar-refractivity contribution in [3.05, 3.63) is 63.3 Å². The number of aromatic amines is 1. The quantitative estimate of drug-likeness (QED) is 0.275. The molecule has 0 aliphatic carbocycles. The monoisotopic (exact) mass is 471 g/mol. The number of H-pyrrole nitrogens is 1. The molecule has 0 spiro atoms. The zero-order valence-corrected chi connectivity index (χ0v) is 19.6. The van der Waals surface area contributed by atoms with Crippen LogP contribution in [0, 0.1) is 5.92 Å². The Morgan fingerprint density at radius 2 is 2.03 bits per heavy atom. The van der Waals surface area contributed by atoms with Crippen molar-refractivity contribution in [3.63, 3.8) is 0 Å². The van der Waals surface area contributed by atoms with Crippen LogP contribution in [0.15, 0.2) is 47.3 Å². The van der Waals surface area contributed by atoms with E-state index in [1.165, 1.54) is 11.6 Å². The Hall–Kier alpha value is -2.23. The zero-order chi connectivity index (χ0) is 23.0. The van der Waals surface area contributed by atoms with Crippen LogP contribution >= 0.6 is 11.3 Å². The molecule has 8 heteroatoms. The number of aromatic hydroxyl groups is 1. The molecular formula is C25H33N3O4S. The molecular weight excluding hydrogens is 438 g/mol. The first-order valence-electron chi connectivity index (χ1n) is 11.7. The van der Waals surface area contributed by atoms with Gasteiger partial charge in [0.2, 0.25) is 0 Å². The van der Waals surface area contributed by atoms with E-state index < -0.39 is 6.10 Å². The number of nitrogens with one attached hydrogen (secondary N) is 3. The Kier molecular flexibility index (Phi) is 8.52. The summed E-state index contributed by atoms with van der Waals surface area (Å²) in [4.78, 5) is 14.2. The van der Waals surface area contributed by atoms with Crippen LogP contribution in [0.25, 0.3) is 10.2 Å². The summed E-state index contributed by atoms with van der Waals surface area (Å²) in [5.74, 6) is 0.498.